The van der Waals surface area contributed by atoms with E-state index < -0.39 is 10.0 Å². The SMILES string of the molecule is Cc1ccc(S(=O)(=O)N/N=C/c2cccc(O)c2O)c(C)c1. The molecule has 0 amide bonds. The van der Waals surface area contributed by atoms with Gasteiger partial charge in [0.25, 0.3) is 10.0 Å². The lowest BCUT2D eigenvalue weighted by Gasteiger charge is -2.07. The summed E-state index contributed by atoms with van der Waals surface area (Å²) < 4.78 is 24.3. The maximum Gasteiger partial charge on any atom is 0.276 e. The lowest BCUT2D eigenvalue weighted by atomic mass is 10.2. The molecule has 7 heteroatoms. The monoisotopic (exact) mass is 320 g/mol. The van der Waals surface area contributed by atoms with Crippen molar-refractivity contribution < 1.29 is 18.6 Å². The molecule has 0 aliphatic carbocycles. The number of phenols is 2. The van der Waals surface area contributed by atoms with Crippen LogP contribution >= 0.6 is 0 Å². The molecule has 6 nitrogen and oxygen atoms in total. The fraction of sp³-hybridized carbons (Fsp3) is 0.133. The van der Waals surface area contributed by atoms with E-state index in [0.717, 1.165) is 11.8 Å². The van der Waals surface area contributed by atoms with Crippen LogP contribution in [0.3, 0.4) is 0 Å². The summed E-state index contributed by atoms with van der Waals surface area (Å²) in [6.07, 6.45) is 1.12. The largest absolute Gasteiger partial charge is 0.504 e. The van der Waals surface area contributed by atoms with Gasteiger partial charge in [-0.05, 0) is 37.6 Å². The normalized spacial score (nSPS) is 11.7. The van der Waals surface area contributed by atoms with E-state index in [-0.39, 0.29) is 22.0 Å². The number of nitrogens with zero attached hydrogens (tertiary/aromatic N) is 1. The van der Waals surface area contributed by atoms with Crippen LogP contribution in [0.25, 0.3) is 0 Å². The lowest BCUT2D eigenvalue weighted by molar-refractivity contribution is 0.403. The third-order valence-electron chi connectivity index (χ3n) is 3.04. The minimum atomic E-state index is -3.79. The Morgan fingerprint density at radius 3 is 2.55 bits per heavy atom. The molecule has 0 aliphatic rings. The van der Waals surface area contributed by atoms with Crippen LogP contribution in [0.4, 0.5) is 0 Å². The molecule has 0 spiro atoms. The summed E-state index contributed by atoms with van der Waals surface area (Å²) in [5.74, 6) is -0.668. The highest BCUT2D eigenvalue weighted by atomic mass is 32.2. The summed E-state index contributed by atoms with van der Waals surface area (Å²) >= 11 is 0. The number of phenolic OH excluding ortho intramolecular Hbond substituents is 2. The van der Waals surface area contributed by atoms with Crippen LogP contribution in [-0.2, 0) is 10.0 Å². The smallest absolute Gasteiger partial charge is 0.276 e. The molecule has 3 N–H and O–H groups in total. The van der Waals surface area contributed by atoms with Crippen molar-refractivity contribution in [2.24, 2.45) is 5.10 Å². The fourth-order valence-electron chi connectivity index (χ4n) is 1.97. The Morgan fingerprint density at radius 2 is 1.86 bits per heavy atom. The second-order valence-corrected chi connectivity index (χ2v) is 6.47. The molecule has 0 unspecified atom stereocenters. The molecular weight excluding hydrogens is 304 g/mol. The van der Waals surface area contributed by atoms with Gasteiger partial charge in [0, 0.05) is 5.56 Å². The van der Waals surface area contributed by atoms with Crippen molar-refractivity contribution in [3.63, 3.8) is 0 Å². The molecule has 22 heavy (non-hydrogen) atoms. The maximum atomic E-state index is 12.2. The van der Waals surface area contributed by atoms with Crippen molar-refractivity contribution in [1.82, 2.24) is 4.83 Å². The second kappa shape index (κ2) is 6.07. The molecule has 0 radical (unpaired) electrons. The second-order valence-electron chi connectivity index (χ2n) is 4.84. The first-order valence-electron chi connectivity index (χ1n) is 6.44. The maximum absolute atomic E-state index is 12.2. The van der Waals surface area contributed by atoms with Crippen LogP contribution in [-0.4, -0.2) is 24.8 Å². The van der Waals surface area contributed by atoms with Crippen molar-refractivity contribution in [3.8, 4) is 11.5 Å². The summed E-state index contributed by atoms with van der Waals surface area (Å²) in [4.78, 5) is 2.21. The van der Waals surface area contributed by atoms with E-state index >= 15 is 0 Å². The number of aromatic hydroxyl groups is 2. The number of para-hydroxylation sites is 1. The molecule has 0 fully saturated rings. The third-order valence-corrected chi connectivity index (χ3v) is 4.43. The number of hydrogen-bond acceptors (Lipinski definition) is 5. The van der Waals surface area contributed by atoms with Crippen molar-refractivity contribution in [3.05, 3.63) is 53.1 Å². The van der Waals surface area contributed by atoms with E-state index in [1.807, 2.05) is 6.92 Å². The van der Waals surface area contributed by atoms with Gasteiger partial charge < -0.3 is 10.2 Å². The number of benzene rings is 2. The molecule has 0 aromatic heterocycles. The number of hydrogen-bond donors (Lipinski definition) is 3. The van der Waals surface area contributed by atoms with Crippen molar-refractivity contribution >= 4 is 16.2 Å². The van der Waals surface area contributed by atoms with Gasteiger partial charge in [-0.15, -0.1) is 0 Å². The van der Waals surface area contributed by atoms with Crippen LogP contribution in [0.2, 0.25) is 0 Å². The predicted octanol–water partition coefficient (Wildman–Crippen LogP) is 2.03. The molecule has 0 atom stereocenters. The number of rotatable bonds is 4. The third kappa shape index (κ3) is 3.37. The first kappa shape index (κ1) is 15.8. The molecule has 0 bridgehead atoms. The van der Waals surface area contributed by atoms with E-state index in [9.17, 15) is 18.6 Å². The fourth-order valence-corrected chi connectivity index (χ4v) is 2.99. The molecule has 2 aromatic carbocycles. The van der Waals surface area contributed by atoms with Crippen LogP contribution in [0.1, 0.15) is 16.7 Å². The van der Waals surface area contributed by atoms with Gasteiger partial charge >= 0.3 is 0 Å². The van der Waals surface area contributed by atoms with Gasteiger partial charge in [0.2, 0.25) is 0 Å². The van der Waals surface area contributed by atoms with Gasteiger partial charge in [-0.2, -0.15) is 13.5 Å². The van der Waals surface area contributed by atoms with E-state index in [2.05, 4.69) is 9.93 Å². The first-order chi connectivity index (χ1) is 10.3. The van der Waals surface area contributed by atoms with E-state index in [0.29, 0.717) is 5.56 Å². The standard InChI is InChI=1S/C15H16N2O4S/c1-10-6-7-14(11(2)8-10)22(20,21)17-16-9-12-4-3-5-13(18)15(12)19/h3-9,17-19H,1-2H3/b16-9+. The molecule has 116 valence electrons. The number of hydrazone groups is 1. The van der Waals surface area contributed by atoms with Gasteiger partial charge in [0.15, 0.2) is 11.5 Å². The highest BCUT2D eigenvalue weighted by molar-refractivity contribution is 7.89. The Bertz CT molecular complexity index is 829. The van der Waals surface area contributed by atoms with Gasteiger partial charge in [0.05, 0.1) is 11.1 Å². The Hall–Kier alpha value is -2.54. The van der Waals surface area contributed by atoms with Crippen LogP contribution in [0.5, 0.6) is 11.5 Å². The molecule has 0 saturated heterocycles. The van der Waals surface area contributed by atoms with Crippen LogP contribution < -0.4 is 4.83 Å². The Labute approximate surface area is 128 Å². The average molecular weight is 320 g/mol. The minimum Gasteiger partial charge on any atom is -0.504 e. The van der Waals surface area contributed by atoms with Crippen LogP contribution in [0, 0.1) is 13.8 Å². The zero-order valence-electron chi connectivity index (χ0n) is 12.1. The average Bonchev–Trinajstić information content (AvgIpc) is 2.43. The number of sulfonamides is 1. The highest BCUT2D eigenvalue weighted by Gasteiger charge is 2.15. The Morgan fingerprint density at radius 1 is 1.14 bits per heavy atom. The van der Waals surface area contributed by atoms with Gasteiger partial charge in [-0.25, -0.2) is 4.83 Å². The zero-order chi connectivity index (χ0) is 16.3. The molecule has 0 saturated carbocycles. The predicted molar refractivity (Wildman–Crippen MR) is 83.6 cm³/mol. The van der Waals surface area contributed by atoms with Crippen molar-refractivity contribution in [2.75, 3.05) is 0 Å². The Kier molecular flexibility index (Phi) is 4.37. The molecule has 2 aromatic rings. The Balaban J connectivity index is 2.23. The molecule has 2 rings (SSSR count). The number of nitrogens with one attached hydrogen (secondary N) is 1. The highest BCUT2D eigenvalue weighted by Crippen LogP contribution is 2.26. The summed E-state index contributed by atoms with van der Waals surface area (Å²) in [5, 5.41) is 22.6. The van der Waals surface area contributed by atoms with Gasteiger partial charge in [-0.3, -0.25) is 0 Å². The lowest BCUT2D eigenvalue weighted by Crippen LogP contribution is -2.19. The zero-order valence-corrected chi connectivity index (χ0v) is 12.9. The van der Waals surface area contributed by atoms with Crippen molar-refractivity contribution in [2.45, 2.75) is 18.7 Å². The first-order valence-corrected chi connectivity index (χ1v) is 7.92. The van der Waals surface area contributed by atoms with E-state index in [1.54, 1.807) is 19.1 Å². The topological polar surface area (TPSA) is 99.0 Å². The summed E-state index contributed by atoms with van der Waals surface area (Å²) in [7, 11) is -3.79. The van der Waals surface area contributed by atoms with Gasteiger partial charge in [0.1, 0.15) is 0 Å². The van der Waals surface area contributed by atoms with Crippen molar-refractivity contribution in [1.29, 1.82) is 0 Å². The summed E-state index contributed by atoms with van der Waals surface area (Å²) in [6.45, 7) is 3.58. The molecule has 0 aliphatic heterocycles. The number of aryl methyl sites for hydroxylation is 2. The quantitative estimate of drug-likeness (QED) is 0.456. The summed E-state index contributed by atoms with van der Waals surface area (Å²) in [5.41, 5.74) is 1.77. The van der Waals surface area contributed by atoms with Crippen LogP contribution in [0.15, 0.2) is 46.4 Å². The van der Waals surface area contributed by atoms with E-state index in [4.69, 9.17) is 0 Å². The minimum absolute atomic E-state index is 0.135. The van der Waals surface area contributed by atoms with E-state index in [1.165, 1.54) is 24.3 Å². The van der Waals surface area contributed by atoms with Gasteiger partial charge in [-0.1, -0.05) is 23.8 Å². The molecular formula is C15H16N2O4S. The summed E-state index contributed by atoms with van der Waals surface area (Å²) in [6, 6.07) is 9.28. The molecule has 0 heterocycles.